The van der Waals surface area contributed by atoms with Crippen LogP contribution in [0.2, 0.25) is 5.02 Å². The third-order valence-corrected chi connectivity index (χ3v) is 3.37. The predicted octanol–water partition coefficient (Wildman–Crippen LogP) is 3.71. The number of benzene rings is 2. The van der Waals surface area contributed by atoms with E-state index in [9.17, 15) is 4.39 Å². The maximum atomic E-state index is 14.2. The molecule has 3 aromatic rings. The van der Waals surface area contributed by atoms with Gasteiger partial charge in [-0.3, -0.25) is 4.57 Å². The Morgan fingerprint density at radius 1 is 1.21 bits per heavy atom. The van der Waals surface area contributed by atoms with Crippen molar-refractivity contribution in [2.75, 3.05) is 5.73 Å². The molecule has 3 rings (SSSR count). The number of nitrogens with two attached hydrogens (primary N) is 1. The van der Waals surface area contributed by atoms with Crippen molar-refractivity contribution in [3.05, 3.63) is 52.8 Å². The number of fused-ring (bicyclic) bond motifs is 1. The van der Waals surface area contributed by atoms with Crippen LogP contribution < -0.4 is 5.73 Å². The second-order valence-electron chi connectivity index (χ2n) is 4.32. The van der Waals surface area contributed by atoms with Crippen LogP contribution in [0.4, 0.5) is 10.3 Å². The van der Waals surface area contributed by atoms with E-state index in [0.717, 1.165) is 16.6 Å². The van der Waals surface area contributed by atoms with Gasteiger partial charge in [0.25, 0.3) is 0 Å². The average molecular weight is 276 g/mol. The number of anilines is 1. The normalized spacial score (nSPS) is 11.1. The van der Waals surface area contributed by atoms with Gasteiger partial charge in [0.2, 0.25) is 5.95 Å². The summed E-state index contributed by atoms with van der Waals surface area (Å²) >= 11 is 5.82. The fourth-order valence-corrected chi connectivity index (χ4v) is 2.39. The first-order valence-electron chi connectivity index (χ1n) is 5.77. The van der Waals surface area contributed by atoms with Gasteiger partial charge in [0.05, 0.1) is 21.7 Å². The highest BCUT2D eigenvalue weighted by molar-refractivity contribution is 6.30. The Bertz CT molecular complexity index is 780. The number of halogens is 2. The van der Waals surface area contributed by atoms with E-state index in [-0.39, 0.29) is 11.0 Å². The summed E-state index contributed by atoms with van der Waals surface area (Å²) in [4.78, 5) is 4.25. The number of aryl methyl sites for hydroxylation is 1. The molecule has 96 valence electrons. The molecule has 1 heterocycles. The van der Waals surface area contributed by atoms with Gasteiger partial charge in [-0.1, -0.05) is 29.8 Å². The predicted molar refractivity (Wildman–Crippen MR) is 75.2 cm³/mol. The lowest BCUT2D eigenvalue weighted by atomic mass is 10.2. The maximum Gasteiger partial charge on any atom is 0.206 e. The first-order chi connectivity index (χ1) is 9.09. The molecule has 0 fully saturated rings. The number of imidazole rings is 1. The van der Waals surface area contributed by atoms with Gasteiger partial charge >= 0.3 is 0 Å². The zero-order valence-electron chi connectivity index (χ0n) is 10.2. The number of nitrogen functional groups attached to an aromatic ring is 1. The van der Waals surface area contributed by atoms with E-state index < -0.39 is 5.82 Å². The highest BCUT2D eigenvalue weighted by Gasteiger charge is 2.16. The fraction of sp³-hybridized carbons (Fsp3) is 0.0714. The molecule has 0 spiro atoms. The van der Waals surface area contributed by atoms with E-state index in [1.165, 1.54) is 6.07 Å². The van der Waals surface area contributed by atoms with Crippen LogP contribution in [0.25, 0.3) is 16.7 Å². The van der Waals surface area contributed by atoms with Crippen LogP contribution in [0.15, 0.2) is 36.4 Å². The van der Waals surface area contributed by atoms with E-state index in [4.69, 9.17) is 17.3 Å². The summed E-state index contributed by atoms with van der Waals surface area (Å²) in [5.41, 5.74) is 8.72. The van der Waals surface area contributed by atoms with E-state index >= 15 is 0 Å². The van der Waals surface area contributed by atoms with Gasteiger partial charge < -0.3 is 5.73 Å². The van der Waals surface area contributed by atoms with E-state index in [0.29, 0.717) is 5.69 Å². The second kappa shape index (κ2) is 4.24. The summed E-state index contributed by atoms with van der Waals surface area (Å²) in [6.07, 6.45) is 0. The molecule has 0 amide bonds. The highest BCUT2D eigenvalue weighted by atomic mass is 35.5. The minimum Gasteiger partial charge on any atom is -0.369 e. The molecule has 0 bridgehead atoms. The molecule has 19 heavy (non-hydrogen) atoms. The first-order valence-corrected chi connectivity index (χ1v) is 6.15. The highest BCUT2D eigenvalue weighted by Crippen LogP contribution is 2.29. The van der Waals surface area contributed by atoms with Crippen molar-refractivity contribution in [3.8, 4) is 5.69 Å². The van der Waals surface area contributed by atoms with Gasteiger partial charge in [0.1, 0.15) is 0 Å². The number of rotatable bonds is 1. The second-order valence-corrected chi connectivity index (χ2v) is 4.73. The van der Waals surface area contributed by atoms with Crippen molar-refractivity contribution < 1.29 is 4.39 Å². The molecule has 0 aliphatic carbocycles. The van der Waals surface area contributed by atoms with Gasteiger partial charge in [0, 0.05) is 0 Å². The van der Waals surface area contributed by atoms with Crippen molar-refractivity contribution in [1.29, 1.82) is 0 Å². The van der Waals surface area contributed by atoms with Gasteiger partial charge in [-0.2, -0.15) is 0 Å². The molecule has 0 saturated carbocycles. The molecule has 0 saturated heterocycles. The first kappa shape index (κ1) is 12.0. The molecule has 2 aromatic carbocycles. The summed E-state index contributed by atoms with van der Waals surface area (Å²) < 4.78 is 15.8. The van der Waals surface area contributed by atoms with E-state index in [1.807, 2.05) is 25.1 Å². The summed E-state index contributed by atoms with van der Waals surface area (Å²) in [6, 6.07) is 10.5. The van der Waals surface area contributed by atoms with E-state index in [2.05, 4.69) is 4.98 Å². The van der Waals surface area contributed by atoms with Crippen LogP contribution in [0, 0.1) is 12.7 Å². The molecule has 0 aliphatic heterocycles. The number of hydrogen-bond acceptors (Lipinski definition) is 2. The van der Waals surface area contributed by atoms with Crippen molar-refractivity contribution in [3.63, 3.8) is 0 Å². The topological polar surface area (TPSA) is 43.8 Å². The fourth-order valence-electron chi connectivity index (χ4n) is 2.22. The Balaban J connectivity index is 2.43. The van der Waals surface area contributed by atoms with Gasteiger partial charge in [0.15, 0.2) is 5.82 Å². The van der Waals surface area contributed by atoms with Crippen LogP contribution in [-0.2, 0) is 0 Å². The summed E-state index contributed by atoms with van der Waals surface area (Å²) in [5, 5.41) is 0.0623. The summed E-state index contributed by atoms with van der Waals surface area (Å²) in [5.74, 6) is -0.260. The van der Waals surface area contributed by atoms with Crippen LogP contribution >= 0.6 is 11.6 Å². The van der Waals surface area contributed by atoms with Crippen molar-refractivity contribution in [1.82, 2.24) is 9.55 Å². The Labute approximate surface area is 114 Å². The Morgan fingerprint density at radius 3 is 2.74 bits per heavy atom. The lowest BCUT2D eigenvalue weighted by Gasteiger charge is -2.10. The number of hydrogen-bond donors (Lipinski definition) is 1. The lowest BCUT2D eigenvalue weighted by Crippen LogP contribution is -2.03. The number of aromatic nitrogens is 2. The van der Waals surface area contributed by atoms with Gasteiger partial charge in [-0.05, 0) is 30.7 Å². The zero-order chi connectivity index (χ0) is 13.6. The van der Waals surface area contributed by atoms with Crippen LogP contribution in [0.5, 0.6) is 0 Å². The molecular formula is C14H11ClFN3. The SMILES string of the molecule is Cc1cccc2nc(N)n(-c3cccc(Cl)c3F)c12. The molecular weight excluding hydrogens is 265 g/mol. The molecule has 0 unspecified atom stereocenters. The van der Waals surface area contributed by atoms with E-state index in [1.54, 1.807) is 16.7 Å². The summed E-state index contributed by atoms with van der Waals surface area (Å²) in [6.45, 7) is 1.93. The largest absolute Gasteiger partial charge is 0.369 e. The lowest BCUT2D eigenvalue weighted by molar-refractivity contribution is 0.620. The third kappa shape index (κ3) is 1.76. The van der Waals surface area contributed by atoms with Crippen LogP contribution in [0.3, 0.4) is 0 Å². The van der Waals surface area contributed by atoms with Crippen LogP contribution in [-0.4, -0.2) is 9.55 Å². The molecule has 5 heteroatoms. The van der Waals surface area contributed by atoms with Gasteiger partial charge in [-0.25, -0.2) is 9.37 Å². The Morgan fingerprint density at radius 2 is 1.95 bits per heavy atom. The quantitative estimate of drug-likeness (QED) is 0.736. The van der Waals surface area contributed by atoms with Crippen molar-refractivity contribution >= 4 is 28.6 Å². The smallest absolute Gasteiger partial charge is 0.206 e. The Kier molecular flexibility index (Phi) is 2.68. The molecule has 3 nitrogen and oxygen atoms in total. The summed E-state index contributed by atoms with van der Waals surface area (Å²) in [7, 11) is 0. The zero-order valence-corrected chi connectivity index (χ0v) is 10.9. The third-order valence-electron chi connectivity index (χ3n) is 3.08. The molecule has 0 atom stereocenters. The standard InChI is InChI=1S/C14H11ClFN3/c1-8-4-2-6-10-13(8)19(14(17)18-10)11-7-3-5-9(15)12(11)16/h2-7H,1H3,(H2,17,18). The van der Waals surface area contributed by atoms with Gasteiger partial charge in [-0.15, -0.1) is 0 Å². The average Bonchev–Trinajstić information content (AvgIpc) is 2.71. The van der Waals surface area contributed by atoms with Crippen LogP contribution in [0.1, 0.15) is 5.56 Å². The molecule has 2 N–H and O–H groups in total. The minimum absolute atomic E-state index is 0.0623. The maximum absolute atomic E-state index is 14.2. The monoisotopic (exact) mass is 275 g/mol. The molecule has 1 aromatic heterocycles. The number of nitrogens with zero attached hydrogens (tertiary/aromatic N) is 2. The van der Waals surface area contributed by atoms with Crippen molar-refractivity contribution in [2.24, 2.45) is 0 Å². The number of para-hydroxylation sites is 1. The molecule has 0 radical (unpaired) electrons. The minimum atomic E-state index is -0.501. The Hall–Kier alpha value is -2.07. The van der Waals surface area contributed by atoms with Crippen molar-refractivity contribution in [2.45, 2.75) is 6.92 Å². The molecule has 0 aliphatic rings.